The summed E-state index contributed by atoms with van der Waals surface area (Å²) in [5.41, 5.74) is 0.344. The summed E-state index contributed by atoms with van der Waals surface area (Å²) >= 11 is 0. The number of nitrogens with one attached hydrogen (secondary N) is 1. The van der Waals surface area contributed by atoms with Crippen LogP contribution >= 0.6 is 0 Å². The fraction of sp³-hybridized carbons (Fsp3) is 0.700. The van der Waals surface area contributed by atoms with Crippen molar-refractivity contribution in [3.8, 4) is 0 Å². The van der Waals surface area contributed by atoms with Crippen LogP contribution in [-0.4, -0.2) is 56.2 Å². The van der Waals surface area contributed by atoms with Crippen molar-refractivity contribution in [1.29, 1.82) is 0 Å². The SMILES string of the molecule is O=C(Cn1cc(C(=O)N2CC3CCCC3C2C(=O)O)cn1)NC1CCCCC1. The highest BCUT2D eigenvalue weighted by molar-refractivity contribution is 5.96. The van der Waals surface area contributed by atoms with Gasteiger partial charge in [0.2, 0.25) is 5.91 Å². The number of rotatable bonds is 5. The zero-order chi connectivity index (χ0) is 19.7. The highest BCUT2D eigenvalue weighted by Gasteiger charge is 2.49. The van der Waals surface area contributed by atoms with Gasteiger partial charge in [0.05, 0.1) is 11.8 Å². The molecule has 1 aliphatic heterocycles. The van der Waals surface area contributed by atoms with Crippen molar-refractivity contribution >= 4 is 17.8 Å². The fourth-order valence-corrected chi connectivity index (χ4v) is 5.22. The first-order chi connectivity index (χ1) is 13.5. The molecule has 3 atom stereocenters. The summed E-state index contributed by atoms with van der Waals surface area (Å²) in [4.78, 5) is 38.4. The van der Waals surface area contributed by atoms with Gasteiger partial charge in [-0.1, -0.05) is 25.7 Å². The van der Waals surface area contributed by atoms with Gasteiger partial charge in [0.25, 0.3) is 5.91 Å². The molecule has 0 radical (unpaired) electrons. The van der Waals surface area contributed by atoms with E-state index in [1.807, 2.05) is 0 Å². The predicted octanol–water partition coefficient (Wildman–Crippen LogP) is 1.66. The number of aliphatic carboxylic acids is 1. The Bertz CT molecular complexity index is 755. The zero-order valence-corrected chi connectivity index (χ0v) is 16.0. The molecule has 2 aliphatic carbocycles. The molecule has 3 fully saturated rings. The second kappa shape index (κ2) is 7.93. The third-order valence-electron chi connectivity index (χ3n) is 6.56. The lowest BCUT2D eigenvalue weighted by molar-refractivity contribution is -0.142. The van der Waals surface area contributed by atoms with E-state index in [4.69, 9.17) is 0 Å². The smallest absolute Gasteiger partial charge is 0.326 e. The molecule has 1 saturated heterocycles. The van der Waals surface area contributed by atoms with E-state index in [0.717, 1.165) is 44.9 Å². The Labute approximate surface area is 164 Å². The van der Waals surface area contributed by atoms with Crippen LogP contribution in [0.4, 0.5) is 0 Å². The van der Waals surface area contributed by atoms with Crippen LogP contribution < -0.4 is 5.32 Å². The highest BCUT2D eigenvalue weighted by atomic mass is 16.4. The molecule has 8 nitrogen and oxygen atoms in total. The Hall–Kier alpha value is -2.38. The van der Waals surface area contributed by atoms with Gasteiger partial charge < -0.3 is 15.3 Å². The molecule has 28 heavy (non-hydrogen) atoms. The number of likely N-dealkylation sites (tertiary alicyclic amines) is 1. The Morgan fingerprint density at radius 1 is 1.11 bits per heavy atom. The summed E-state index contributed by atoms with van der Waals surface area (Å²) < 4.78 is 1.46. The van der Waals surface area contributed by atoms with Gasteiger partial charge >= 0.3 is 5.97 Å². The molecule has 2 saturated carbocycles. The molecule has 3 aliphatic rings. The lowest BCUT2D eigenvalue weighted by Crippen LogP contribution is -2.43. The van der Waals surface area contributed by atoms with Crippen LogP contribution in [0.25, 0.3) is 0 Å². The second-order valence-corrected chi connectivity index (χ2v) is 8.42. The van der Waals surface area contributed by atoms with Crippen molar-refractivity contribution in [3.05, 3.63) is 18.0 Å². The Balaban J connectivity index is 1.38. The van der Waals surface area contributed by atoms with E-state index >= 15 is 0 Å². The summed E-state index contributed by atoms with van der Waals surface area (Å²) in [7, 11) is 0. The number of hydrogen-bond acceptors (Lipinski definition) is 4. The molecule has 3 unspecified atom stereocenters. The number of carbonyl (C=O) groups excluding carboxylic acids is 2. The first-order valence-corrected chi connectivity index (χ1v) is 10.4. The zero-order valence-electron chi connectivity index (χ0n) is 16.0. The summed E-state index contributed by atoms with van der Waals surface area (Å²) in [5, 5.41) is 16.8. The molecular weight excluding hydrogens is 360 g/mol. The number of carbonyl (C=O) groups is 3. The van der Waals surface area contributed by atoms with E-state index in [1.165, 1.54) is 22.2 Å². The standard InChI is InChI=1S/C20H28N4O4/c25-17(22-15-6-2-1-3-7-15)12-23-10-14(9-21-23)19(26)24-11-13-5-4-8-16(13)18(24)20(27)28/h9-10,13,15-16,18H,1-8,11-12H2,(H,22,25)(H,27,28). The molecule has 2 N–H and O–H groups in total. The second-order valence-electron chi connectivity index (χ2n) is 8.42. The van der Waals surface area contributed by atoms with E-state index in [0.29, 0.717) is 12.1 Å². The number of nitrogens with zero attached hydrogens (tertiary/aromatic N) is 3. The summed E-state index contributed by atoms with van der Waals surface area (Å²) in [6.45, 7) is 0.561. The van der Waals surface area contributed by atoms with Crippen molar-refractivity contribution in [3.63, 3.8) is 0 Å². The average molecular weight is 388 g/mol. The molecule has 152 valence electrons. The summed E-state index contributed by atoms with van der Waals surface area (Å²) in [5.74, 6) is -1.00. The van der Waals surface area contributed by atoms with Crippen molar-refractivity contribution in [2.24, 2.45) is 11.8 Å². The quantitative estimate of drug-likeness (QED) is 0.798. The van der Waals surface area contributed by atoms with Crippen LogP contribution in [0.1, 0.15) is 61.7 Å². The van der Waals surface area contributed by atoms with E-state index in [2.05, 4.69) is 10.4 Å². The lowest BCUT2D eigenvalue weighted by Gasteiger charge is -2.23. The minimum atomic E-state index is -0.929. The van der Waals surface area contributed by atoms with Crippen LogP contribution in [0.2, 0.25) is 0 Å². The molecule has 4 rings (SSSR count). The molecule has 0 bridgehead atoms. The number of aromatic nitrogens is 2. The van der Waals surface area contributed by atoms with Crippen molar-refractivity contribution < 1.29 is 19.5 Å². The average Bonchev–Trinajstić information content (AvgIpc) is 3.37. The maximum absolute atomic E-state index is 12.9. The van der Waals surface area contributed by atoms with Crippen LogP contribution in [0.5, 0.6) is 0 Å². The minimum Gasteiger partial charge on any atom is -0.480 e. The number of carboxylic acid groups (broad SMARTS) is 1. The van der Waals surface area contributed by atoms with Crippen LogP contribution in [0, 0.1) is 11.8 Å². The van der Waals surface area contributed by atoms with E-state index < -0.39 is 12.0 Å². The number of fused-ring (bicyclic) bond motifs is 1. The van der Waals surface area contributed by atoms with Gasteiger partial charge in [-0.25, -0.2) is 4.79 Å². The topological polar surface area (TPSA) is 105 Å². The van der Waals surface area contributed by atoms with Crippen LogP contribution in [0.3, 0.4) is 0 Å². The monoisotopic (exact) mass is 388 g/mol. The summed E-state index contributed by atoms with van der Waals surface area (Å²) in [6.07, 6.45) is 11.4. The molecule has 1 aromatic rings. The van der Waals surface area contributed by atoms with Crippen molar-refractivity contribution in [2.45, 2.75) is 70.0 Å². The largest absolute Gasteiger partial charge is 0.480 e. The van der Waals surface area contributed by atoms with Crippen molar-refractivity contribution in [1.82, 2.24) is 20.0 Å². The van der Waals surface area contributed by atoms with Crippen LogP contribution in [-0.2, 0) is 16.1 Å². The third-order valence-corrected chi connectivity index (χ3v) is 6.56. The predicted molar refractivity (Wildman–Crippen MR) is 101 cm³/mol. The Kier molecular flexibility index (Phi) is 5.37. The van der Waals surface area contributed by atoms with Gasteiger partial charge in [-0.05, 0) is 37.5 Å². The van der Waals surface area contributed by atoms with Crippen LogP contribution in [0.15, 0.2) is 12.4 Å². The first kappa shape index (κ1) is 19.0. The normalized spacial score (nSPS) is 27.6. The van der Waals surface area contributed by atoms with Gasteiger partial charge in [0.15, 0.2) is 0 Å². The first-order valence-electron chi connectivity index (χ1n) is 10.4. The number of hydrogen-bond donors (Lipinski definition) is 2. The molecule has 1 aromatic heterocycles. The van der Waals surface area contributed by atoms with E-state index in [9.17, 15) is 19.5 Å². The Morgan fingerprint density at radius 2 is 1.89 bits per heavy atom. The third kappa shape index (κ3) is 3.77. The highest BCUT2D eigenvalue weighted by Crippen LogP contribution is 2.42. The molecule has 2 amide bonds. The van der Waals surface area contributed by atoms with E-state index in [-0.39, 0.29) is 36.2 Å². The van der Waals surface area contributed by atoms with Gasteiger partial charge in [0, 0.05) is 18.8 Å². The lowest BCUT2D eigenvalue weighted by atomic mass is 9.94. The molecule has 8 heteroatoms. The molecule has 0 spiro atoms. The van der Waals surface area contributed by atoms with Gasteiger partial charge in [-0.3, -0.25) is 14.3 Å². The van der Waals surface area contributed by atoms with E-state index in [1.54, 1.807) is 6.20 Å². The number of carboxylic acids is 1. The maximum atomic E-state index is 12.9. The van der Waals surface area contributed by atoms with Gasteiger partial charge in [-0.2, -0.15) is 5.10 Å². The fourth-order valence-electron chi connectivity index (χ4n) is 5.22. The summed E-state index contributed by atoms with van der Waals surface area (Å²) in [6, 6.07) is -0.517. The maximum Gasteiger partial charge on any atom is 0.326 e. The van der Waals surface area contributed by atoms with Crippen molar-refractivity contribution in [2.75, 3.05) is 6.54 Å². The molecule has 2 heterocycles. The number of amides is 2. The minimum absolute atomic E-state index is 0.0535. The Morgan fingerprint density at radius 3 is 2.64 bits per heavy atom. The molecular formula is C20H28N4O4. The molecule has 0 aromatic carbocycles. The van der Waals surface area contributed by atoms with Gasteiger partial charge in [-0.15, -0.1) is 0 Å². The van der Waals surface area contributed by atoms with Gasteiger partial charge in [0.1, 0.15) is 12.6 Å².